The normalized spacial score (nSPS) is 11.9. The summed E-state index contributed by atoms with van der Waals surface area (Å²) in [6.07, 6.45) is 5.11. The minimum atomic E-state index is -0.391. The Hall–Kier alpha value is -2.26. The number of nitrogens with zero attached hydrogens (tertiary/aromatic N) is 2. The van der Waals surface area contributed by atoms with Gasteiger partial charge in [-0.2, -0.15) is 0 Å². The molecule has 21 heavy (non-hydrogen) atoms. The van der Waals surface area contributed by atoms with Gasteiger partial charge < -0.3 is 5.32 Å². The number of rotatable bonds is 4. The lowest BCUT2D eigenvalue weighted by molar-refractivity contribution is -0.120. The SMILES string of the molecule is C#CCNC(=O)C(C)Sc1nc2ccccc2c(=O)n1C. The van der Waals surface area contributed by atoms with Crippen LogP contribution in [-0.4, -0.2) is 27.3 Å². The molecule has 5 nitrogen and oxygen atoms in total. The van der Waals surface area contributed by atoms with Crippen LogP contribution in [0.25, 0.3) is 10.9 Å². The average molecular weight is 301 g/mol. The van der Waals surface area contributed by atoms with Gasteiger partial charge in [-0.05, 0) is 19.1 Å². The van der Waals surface area contributed by atoms with Crippen LogP contribution in [0.1, 0.15) is 6.92 Å². The van der Waals surface area contributed by atoms with Gasteiger partial charge in [0, 0.05) is 7.05 Å². The summed E-state index contributed by atoms with van der Waals surface area (Å²) < 4.78 is 1.46. The van der Waals surface area contributed by atoms with E-state index >= 15 is 0 Å². The topological polar surface area (TPSA) is 64.0 Å². The van der Waals surface area contributed by atoms with Gasteiger partial charge in [-0.3, -0.25) is 14.2 Å². The van der Waals surface area contributed by atoms with E-state index in [1.54, 1.807) is 32.2 Å². The van der Waals surface area contributed by atoms with Gasteiger partial charge in [0.05, 0.1) is 22.7 Å². The van der Waals surface area contributed by atoms with Gasteiger partial charge in [-0.25, -0.2) is 4.98 Å². The Labute approximate surface area is 126 Å². The standard InChI is InChI=1S/C15H15N3O2S/c1-4-9-16-13(19)10(2)21-15-17-12-8-6-5-7-11(12)14(20)18(15)3/h1,5-8,10H,9H2,2-3H3,(H,16,19). The van der Waals surface area contributed by atoms with E-state index in [0.29, 0.717) is 16.1 Å². The average Bonchev–Trinajstić information content (AvgIpc) is 2.49. The van der Waals surface area contributed by atoms with Gasteiger partial charge in [0.25, 0.3) is 5.56 Å². The second-order valence-corrected chi connectivity index (χ2v) is 5.77. The Morgan fingerprint density at radius 3 is 2.95 bits per heavy atom. The van der Waals surface area contributed by atoms with Crippen LogP contribution in [0.4, 0.5) is 0 Å². The molecule has 0 saturated heterocycles. The molecule has 2 rings (SSSR count). The molecule has 2 aromatic rings. The maximum absolute atomic E-state index is 12.3. The molecule has 0 saturated carbocycles. The number of carbonyl (C=O) groups excluding carboxylic acids is 1. The lowest BCUT2D eigenvalue weighted by Gasteiger charge is -2.13. The van der Waals surface area contributed by atoms with Gasteiger partial charge in [-0.1, -0.05) is 29.8 Å². The molecular weight excluding hydrogens is 286 g/mol. The van der Waals surface area contributed by atoms with Gasteiger partial charge in [-0.15, -0.1) is 6.42 Å². The predicted molar refractivity (Wildman–Crippen MR) is 84.1 cm³/mol. The number of thioether (sulfide) groups is 1. The Morgan fingerprint density at radius 2 is 2.24 bits per heavy atom. The van der Waals surface area contributed by atoms with Crippen LogP contribution in [0.15, 0.2) is 34.2 Å². The summed E-state index contributed by atoms with van der Waals surface area (Å²) in [5.41, 5.74) is 0.499. The molecule has 1 unspecified atom stereocenters. The van der Waals surface area contributed by atoms with E-state index in [9.17, 15) is 9.59 Å². The molecule has 0 radical (unpaired) electrons. The molecular formula is C15H15N3O2S. The lowest BCUT2D eigenvalue weighted by Crippen LogP contribution is -2.32. The number of aromatic nitrogens is 2. The molecule has 1 amide bonds. The highest BCUT2D eigenvalue weighted by molar-refractivity contribution is 8.00. The molecule has 0 aliphatic rings. The summed E-state index contributed by atoms with van der Waals surface area (Å²) in [7, 11) is 1.65. The molecule has 0 bridgehead atoms. The highest BCUT2D eigenvalue weighted by Gasteiger charge is 2.17. The second kappa shape index (κ2) is 6.46. The van der Waals surface area contributed by atoms with Crippen LogP contribution in [0, 0.1) is 12.3 Å². The number of terminal acetylenes is 1. The van der Waals surface area contributed by atoms with Crippen molar-refractivity contribution in [2.24, 2.45) is 7.05 Å². The van der Waals surface area contributed by atoms with Crippen molar-refractivity contribution in [3.05, 3.63) is 34.6 Å². The monoisotopic (exact) mass is 301 g/mol. The van der Waals surface area contributed by atoms with Gasteiger partial charge >= 0.3 is 0 Å². The van der Waals surface area contributed by atoms with Crippen LogP contribution < -0.4 is 10.9 Å². The number of para-hydroxylation sites is 1. The zero-order valence-electron chi connectivity index (χ0n) is 11.8. The highest BCUT2D eigenvalue weighted by Crippen LogP contribution is 2.21. The molecule has 1 heterocycles. The highest BCUT2D eigenvalue weighted by atomic mass is 32.2. The van der Waals surface area contributed by atoms with Crippen molar-refractivity contribution in [1.82, 2.24) is 14.9 Å². The lowest BCUT2D eigenvalue weighted by atomic mass is 10.2. The zero-order valence-corrected chi connectivity index (χ0v) is 12.6. The first kappa shape index (κ1) is 15.1. The van der Waals surface area contributed by atoms with Gasteiger partial charge in [0.2, 0.25) is 5.91 Å². The van der Waals surface area contributed by atoms with E-state index in [2.05, 4.69) is 16.2 Å². The van der Waals surface area contributed by atoms with Crippen molar-refractivity contribution in [2.45, 2.75) is 17.3 Å². The fraction of sp³-hybridized carbons (Fsp3) is 0.267. The molecule has 0 spiro atoms. The summed E-state index contributed by atoms with van der Waals surface area (Å²) in [5, 5.41) is 3.29. The fourth-order valence-corrected chi connectivity index (χ4v) is 2.70. The molecule has 108 valence electrons. The number of fused-ring (bicyclic) bond motifs is 1. The quantitative estimate of drug-likeness (QED) is 0.523. The number of hydrogen-bond acceptors (Lipinski definition) is 4. The zero-order chi connectivity index (χ0) is 15.4. The van der Waals surface area contributed by atoms with Crippen LogP contribution in [-0.2, 0) is 11.8 Å². The number of amides is 1. The van der Waals surface area contributed by atoms with E-state index in [4.69, 9.17) is 6.42 Å². The van der Waals surface area contributed by atoms with Crippen molar-refractivity contribution in [3.63, 3.8) is 0 Å². The Balaban J connectivity index is 2.31. The first-order chi connectivity index (χ1) is 10.0. The van der Waals surface area contributed by atoms with Gasteiger partial charge in [0.1, 0.15) is 0 Å². The smallest absolute Gasteiger partial charge is 0.261 e. The van der Waals surface area contributed by atoms with Crippen LogP contribution in [0.3, 0.4) is 0 Å². The van der Waals surface area contributed by atoms with Crippen molar-refractivity contribution < 1.29 is 4.79 Å². The minimum Gasteiger partial charge on any atom is -0.344 e. The number of nitrogens with one attached hydrogen (secondary N) is 1. The van der Waals surface area contributed by atoms with Crippen LogP contribution in [0.5, 0.6) is 0 Å². The Bertz CT molecular complexity index is 777. The number of benzene rings is 1. The first-order valence-electron chi connectivity index (χ1n) is 6.38. The van der Waals surface area contributed by atoms with E-state index in [-0.39, 0.29) is 18.0 Å². The van der Waals surface area contributed by atoms with E-state index in [1.807, 2.05) is 6.07 Å². The number of carbonyl (C=O) groups is 1. The van der Waals surface area contributed by atoms with Crippen LogP contribution >= 0.6 is 11.8 Å². The molecule has 0 fully saturated rings. The molecule has 1 atom stereocenters. The third-order valence-corrected chi connectivity index (χ3v) is 4.10. The van der Waals surface area contributed by atoms with Crippen molar-refractivity contribution in [2.75, 3.05) is 6.54 Å². The van der Waals surface area contributed by atoms with Gasteiger partial charge in [0.15, 0.2) is 5.16 Å². The molecule has 1 N–H and O–H groups in total. The predicted octanol–water partition coefficient (Wildman–Crippen LogP) is 1.16. The molecule has 6 heteroatoms. The first-order valence-corrected chi connectivity index (χ1v) is 7.26. The largest absolute Gasteiger partial charge is 0.344 e. The van der Waals surface area contributed by atoms with Crippen molar-refractivity contribution in [3.8, 4) is 12.3 Å². The fourth-order valence-electron chi connectivity index (χ4n) is 1.80. The molecule has 0 aliphatic heterocycles. The third-order valence-electron chi connectivity index (χ3n) is 2.96. The molecule has 1 aromatic heterocycles. The van der Waals surface area contributed by atoms with E-state index in [0.717, 1.165) is 0 Å². The van der Waals surface area contributed by atoms with E-state index < -0.39 is 5.25 Å². The Kier molecular flexibility index (Phi) is 4.66. The second-order valence-electron chi connectivity index (χ2n) is 4.46. The summed E-state index contributed by atoms with van der Waals surface area (Å²) in [6.45, 7) is 1.94. The van der Waals surface area contributed by atoms with Crippen molar-refractivity contribution >= 4 is 28.6 Å². The molecule has 0 aliphatic carbocycles. The summed E-state index contributed by atoms with van der Waals surface area (Å²) in [4.78, 5) is 28.5. The maximum Gasteiger partial charge on any atom is 0.261 e. The maximum atomic E-state index is 12.3. The molecule has 1 aromatic carbocycles. The van der Waals surface area contributed by atoms with E-state index in [1.165, 1.54) is 16.3 Å². The van der Waals surface area contributed by atoms with Crippen LogP contribution in [0.2, 0.25) is 0 Å². The third kappa shape index (κ3) is 3.26. The Morgan fingerprint density at radius 1 is 1.52 bits per heavy atom. The van der Waals surface area contributed by atoms with Crippen molar-refractivity contribution in [1.29, 1.82) is 0 Å². The minimum absolute atomic E-state index is 0.126. The summed E-state index contributed by atoms with van der Waals surface area (Å²) in [5.74, 6) is 2.17. The summed E-state index contributed by atoms with van der Waals surface area (Å²) >= 11 is 1.23. The summed E-state index contributed by atoms with van der Waals surface area (Å²) in [6, 6.07) is 7.15. The number of hydrogen-bond donors (Lipinski definition) is 1.